The highest BCUT2D eigenvalue weighted by Gasteiger charge is 2.23. The molecule has 1 aliphatic rings. The summed E-state index contributed by atoms with van der Waals surface area (Å²) in [6, 6.07) is 3.68. The number of halogens is 1. The Bertz CT molecular complexity index is 539. The first-order chi connectivity index (χ1) is 10.5. The molecule has 0 radical (unpaired) electrons. The summed E-state index contributed by atoms with van der Waals surface area (Å²) in [5, 5.41) is 0.401. The predicted octanol–water partition coefficient (Wildman–Crippen LogP) is 1.43. The van der Waals surface area contributed by atoms with E-state index >= 15 is 0 Å². The summed E-state index contributed by atoms with van der Waals surface area (Å²) in [6.07, 6.45) is 1.32. The van der Waals surface area contributed by atoms with Gasteiger partial charge in [-0.15, -0.1) is 0 Å². The van der Waals surface area contributed by atoms with Gasteiger partial charge in [-0.3, -0.25) is 9.69 Å². The van der Waals surface area contributed by atoms with Crippen molar-refractivity contribution in [2.75, 3.05) is 33.9 Å². The van der Waals surface area contributed by atoms with Crippen LogP contribution in [0.5, 0.6) is 11.5 Å². The van der Waals surface area contributed by atoms with Crippen LogP contribution in [0.1, 0.15) is 12.0 Å². The Morgan fingerprint density at radius 1 is 1.45 bits per heavy atom. The highest BCUT2D eigenvalue weighted by Crippen LogP contribution is 2.37. The third kappa shape index (κ3) is 4.25. The number of rotatable bonds is 7. The SMILES string of the molecule is COc1cc(CN2CC[C@@H](OC)C2)cc(Cl)c1OCC(N)=O. The average Bonchev–Trinajstić information content (AvgIpc) is 2.93. The van der Waals surface area contributed by atoms with E-state index in [0.29, 0.717) is 16.5 Å². The Balaban J connectivity index is 2.10. The molecule has 0 aliphatic carbocycles. The quantitative estimate of drug-likeness (QED) is 0.819. The van der Waals surface area contributed by atoms with Crippen LogP contribution >= 0.6 is 11.6 Å². The lowest BCUT2D eigenvalue weighted by Crippen LogP contribution is -2.22. The van der Waals surface area contributed by atoms with Crippen LogP contribution in [0.25, 0.3) is 0 Å². The van der Waals surface area contributed by atoms with Crippen molar-refractivity contribution in [3.63, 3.8) is 0 Å². The van der Waals surface area contributed by atoms with Crippen LogP contribution in [0.4, 0.5) is 0 Å². The van der Waals surface area contributed by atoms with Crippen LogP contribution in [0, 0.1) is 0 Å². The molecule has 1 aliphatic heterocycles. The van der Waals surface area contributed by atoms with Crippen LogP contribution in [-0.4, -0.2) is 50.8 Å². The number of nitrogens with zero attached hydrogens (tertiary/aromatic N) is 1. The molecule has 6 nitrogen and oxygen atoms in total. The van der Waals surface area contributed by atoms with Gasteiger partial charge in [-0.1, -0.05) is 11.6 Å². The Morgan fingerprint density at radius 3 is 2.82 bits per heavy atom. The number of ether oxygens (including phenoxy) is 3. The number of carbonyl (C=O) groups is 1. The van der Waals surface area contributed by atoms with Crippen molar-refractivity contribution < 1.29 is 19.0 Å². The summed E-state index contributed by atoms with van der Waals surface area (Å²) in [7, 11) is 3.27. The Kier molecular flexibility index (Phi) is 5.88. The van der Waals surface area contributed by atoms with E-state index in [-0.39, 0.29) is 12.7 Å². The summed E-state index contributed by atoms with van der Waals surface area (Å²) in [5.41, 5.74) is 6.10. The predicted molar refractivity (Wildman–Crippen MR) is 83.4 cm³/mol. The highest BCUT2D eigenvalue weighted by molar-refractivity contribution is 6.32. The maximum absolute atomic E-state index is 10.8. The van der Waals surface area contributed by atoms with Crippen LogP contribution < -0.4 is 15.2 Å². The Morgan fingerprint density at radius 2 is 2.23 bits per heavy atom. The van der Waals surface area contributed by atoms with Gasteiger partial charge in [0.2, 0.25) is 0 Å². The highest BCUT2D eigenvalue weighted by atomic mass is 35.5. The maximum Gasteiger partial charge on any atom is 0.255 e. The largest absolute Gasteiger partial charge is 0.493 e. The molecule has 0 spiro atoms. The van der Waals surface area contributed by atoms with E-state index in [9.17, 15) is 4.79 Å². The summed E-state index contributed by atoms with van der Waals surface area (Å²) < 4.78 is 16.0. The van der Waals surface area contributed by atoms with E-state index in [1.165, 1.54) is 7.11 Å². The number of carbonyl (C=O) groups excluding carboxylic acids is 1. The standard InChI is InChI=1S/C15H21ClN2O4/c1-20-11-3-4-18(8-11)7-10-5-12(16)15(13(6-10)21-2)22-9-14(17)19/h5-6,11H,3-4,7-9H2,1-2H3,(H2,17,19)/t11-/m1/s1. The number of methoxy groups -OCH3 is 2. The molecular formula is C15H21ClN2O4. The van der Waals surface area contributed by atoms with Crippen molar-refractivity contribution in [3.05, 3.63) is 22.7 Å². The minimum Gasteiger partial charge on any atom is -0.493 e. The normalized spacial score (nSPS) is 18.4. The van der Waals surface area contributed by atoms with Crippen LogP contribution in [-0.2, 0) is 16.1 Å². The second-order valence-corrected chi connectivity index (χ2v) is 5.65. The number of benzene rings is 1. The van der Waals surface area contributed by atoms with Crippen LogP contribution in [0.3, 0.4) is 0 Å². The van der Waals surface area contributed by atoms with Gasteiger partial charge in [0.1, 0.15) is 0 Å². The minimum atomic E-state index is -0.565. The lowest BCUT2D eigenvalue weighted by Gasteiger charge is -2.18. The van der Waals surface area contributed by atoms with Gasteiger partial charge >= 0.3 is 0 Å². The smallest absolute Gasteiger partial charge is 0.255 e. The number of likely N-dealkylation sites (tertiary alicyclic amines) is 1. The fraction of sp³-hybridized carbons (Fsp3) is 0.533. The summed E-state index contributed by atoms with van der Waals surface area (Å²) in [5.74, 6) is 0.263. The van der Waals surface area contributed by atoms with Crippen molar-refractivity contribution in [3.8, 4) is 11.5 Å². The molecule has 0 bridgehead atoms. The summed E-state index contributed by atoms with van der Waals surface area (Å²) in [6.45, 7) is 2.40. The zero-order valence-electron chi connectivity index (χ0n) is 12.8. The Hall–Kier alpha value is -1.50. The number of nitrogens with two attached hydrogens (primary N) is 1. The molecule has 0 unspecified atom stereocenters. The second-order valence-electron chi connectivity index (χ2n) is 5.25. The number of hydrogen-bond donors (Lipinski definition) is 1. The van der Waals surface area contributed by atoms with Gasteiger partial charge in [0.25, 0.3) is 5.91 Å². The molecule has 1 aromatic carbocycles. The van der Waals surface area contributed by atoms with Crippen molar-refractivity contribution >= 4 is 17.5 Å². The lowest BCUT2D eigenvalue weighted by atomic mass is 10.2. The van der Waals surface area contributed by atoms with E-state index in [4.69, 9.17) is 31.5 Å². The second kappa shape index (κ2) is 7.67. The van der Waals surface area contributed by atoms with Gasteiger partial charge in [-0.05, 0) is 24.1 Å². The summed E-state index contributed by atoms with van der Waals surface area (Å²) >= 11 is 6.24. The fourth-order valence-electron chi connectivity index (χ4n) is 2.54. The number of primary amides is 1. The molecule has 122 valence electrons. The van der Waals surface area contributed by atoms with Gasteiger partial charge in [-0.25, -0.2) is 0 Å². The molecule has 1 atom stereocenters. The van der Waals surface area contributed by atoms with Gasteiger partial charge in [0.15, 0.2) is 18.1 Å². The van der Waals surface area contributed by atoms with Crippen LogP contribution in [0.15, 0.2) is 12.1 Å². The topological polar surface area (TPSA) is 74.0 Å². The van der Waals surface area contributed by atoms with E-state index in [0.717, 1.165) is 31.6 Å². The Labute approximate surface area is 135 Å². The first-order valence-electron chi connectivity index (χ1n) is 7.06. The molecule has 0 aromatic heterocycles. The van der Waals surface area contributed by atoms with Crippen molar-refractivity contribution in [1.29, 1.82) is 0 Å². The lowest BCUT2D eigenvalue weighted by molar-refractivity contribution is -0.119. The first kappa shape index (κ1) is 16.9. The molecule has 0 saturated carbocycles. The third-order valence-electron chi connectivity index (χ3n) is 3.62. The van der Waals surface area contributed by atoms with E-state index in [1.54, 1.807) is 7.11 Å². The monoisotopic (exact) mass is 328 g/mol. The molecule has 1 fully saturated rings. The first-order valence-corrected chi connectivity index (χ1v) is 7.44. The average molecular weight is 329 g/mol. The van der Waals surface area contributed by atoms with Gasteiger partial charge in [-0.2, -0.15) is 0 Å². The number of hydrogen-bond acceptors (Lipinski definition) is 5. The van der Waals surface area contributed by atoms with Gasteiger partial charge < -0.3 is 19.9 Å². The van der Waals surface area contributed by atoms with Crippen molar-refractivity contribution in [1.82, 2.24) is 4.90 Å². The minimum absolute atomic E-state index is 0.239. The molecule has 1 heterocycles. The molecular weight excluding hydrogens is 308 g/mol. The molecule has 1 saturated heterocycles. The molecule has 22 heavy (non-hydrogen) atoms. The van der Waals surface area contributed by atoms with Gasteiger partial charge in [0, 0.05) is 26.7 Å². The fourth-order valence-corrected chi connectivity index (χ4v) is 2.83. The summed E-state index contributed by atoms with van der Waals surface area (Å²) in [4.78, 5) is 13.1. The maximum atomic E-state index is 10.8. The zero-order chi connectivity index (χ0) is 16.1. The zero-order valence-corrected chi connectivity index (χ0v) is 13.6. The number of amides is 1. The third-order valence-corrected chi connectivity index (χ3v) is 3.90. The molecule has 1 aromatic rings. The molecule has 2 N–H and O–H groups in total. The molecule has 2 rings (SSSR count). The molecule has 7 heteroatoms. The molecule has 1 amide bonds. The van der Waals surface area contributed by atoms with E-state index in [2.05, 4.69) is 4.90 Å². The van der Waals surface area contributed by atoms with Gasteiger partial charge in [0.05, 0.1) is 18.2 Å². The van der Waals surface area contributed by atoms with Crippen molar-refractivity contribution in [2.24, 2.45) is 5.73 Å². The van der Waals surface area contributed by atoms with Crippen LogP contribution in [0.2, 0.25) is 5.02 Å². The van der Waals surface area contributed by atoms with E-state index in [1.807, 2.05) is 12.1 Å². The van der Waals surface area contributed by atoms with E-state index < -0.39 is 5.91 Å². The van der Waals surface area contributed by atoms with Crippen molar-refractivity contribution in [2.45, 2.75) is 19.1 Å².